The molecule has 6 aliphatic rings. The number of ether oxygens (including phenoxy) is 1. The molecule has 4 unspecified atom stereocenters. The topological polar surface area (TPSA) is 142 Å². The monoisotopic (exact) mass is 556 g/mol. The highest BCUT2D eigenvalue weighted by molar-refractivity contribution is 5.75. The Balaban J connectivity index is 0.854. The summed E-state index contributed by atoms with van der Waals surface area (Å²) in [6, 6.07) is 7.45. The number of hydrogen-bond donors (Lipinski definition) is 8. The maximum atomic E-state index is 10.9. The second-order valence-electron chi connectivity index (χ2n) is 13.5. The Morgan fingerprint density at radius 2 is 1.88 bits per heavy atom. The first-order valence-electron chi connectivity index (χ1n) is 15.4. The van der Waals surface area contributed by atoms with Crippen molar-refractivity contribution >= 4 is 11.4 Å². The Labute approximate surface area is 237 Å². The molecule has 9 N–H and O–H groups in total. The number of nitrogens with one attached hydrogen (secondary N) is 5. The first-order chi connectivity index (χ1) is 19.3. The van der Waals surface area contributed by atoms with Crippen molar-refractivity contribution in [1.82, 2.24) is 25.8 Å². The Hall–Kier alpha value is -1.54. The molecule has 0 bridgehead atoms. The molecule has 3 saturated heterocycles. The summed E-state index contributed by atoms with van der Waals surface area (Å²) >= 11 is 0. The van der Waals surface area contributed by atoms with Gasteiger partial charge in [-0.25, -0.2) is 4.90 Å². The number of hydrogen-bond acceptors (Lipinski definition) is 11. The van der Waals surface area contributed by atoms with Gasteiger partial charge >= 0.3 is 0 Å². The number of nitrogens with two attached hydrogens (primary N) is 1. The minimum absolute atomic E-state index is 0.0207. The van der Waals surface area contributed by atoms with E-state index in [4.69, 9.17) is 10.5 Å². The van der Waals surface area contributed by atoms with Gasteiger partial charge in [-0.2, -0.15) is 0 Å². The number of aliphatic hydroxyl groups is 2. The molecule has 5 fully saturated rings. The van der Waals surface area contributed by atoms with Crippen LogP contribution >= 0.6 is 0 Å². The second-order valence-corrected chi connectivity index (χ2v) is 13.5. The van der Waals surface area contributed by atoms with Crippen molar-refractivity contribution in [2.45, 2.75) is 112 Å². The van der Waals surface area contributed by atoms with Gasteiger partial charge in [0.05, 0.1) is 42.6 Å². The zero-order valence-electron chi connectivity index (χ0n) is 23.9. The van der Waals surface area contributed by atoms with Gasteiger partial charge in [-0.3, -0.25) is 16.0 Å². The minimum Gasteiger partial charge on any atom is -0.387 e. The van der Waals surface area contributed by atoms with Gasteiger partial charge in [-0.15, -0.1) is 0 Å². The molecule has 4 aliphatic heterocycles. The largest absolute Gasteiger partial charge is 0.387 e. The third-order valence-electron chi connectivity index (χ3n) is 10.9. The van der Waals surface area contributed by atoms with Crippen LogP contribution in [0.25, 0.3) is 0 Å². The van der Waals surface area contributed by atoms with E-state index in [0.717, 1.165) is 12.3 Å². The summed E-state index contributed by atoms with van der Waals surface area (Å²) in [5, 5.41) is 39.1. The summed E-state index contributed by atoms with van der Waals surface area (Å²) < 4.78 is 6.28. The molecular weight excluding hydrogens is 508 g/mol. The Morgan fingerprint density at radius 3 is 2.65 bits per heavy atom. The van der Waals surface area contributed by atoms with E-state index in [1.807, 2.05) is 0 Å². The molecule has 40 heavy (non-hydrogen) atoms. The van der Waals surface area contributed by atoms with Crippen molar-refractivity contribution in [1.29, 1.82) is 0 Å². The lowest BCUT2D eigenvalue weighted by Gasteiger charge is -2.42. The van der Waals surface area contributed by atoms with Crippen molar-refractivity contribution in [3.8, 4) is 0 Å². The average molecular weight is 557 g/mol. The van der Waals surface area contributed by atoms with E-state index in [1.165, 1.54) is 55.5 Å². The van der Waals surface area contributed by atoms with E-state index in [2.05, 4.69) is 68.6 Å². The van der Waals surface area contributed by atoms with Crippen molar-refractivity contribution in [3.63, 3.8) is 0 Å². The lowest BCUT2D eigenvalue weighted by molar-refractivity contribution is -0.108. The smallest absolute Gasteiger partial charge is 0.142 e. The van der Waals surface area contributed by atoms with E-state index >= 15 is 0 Å². The van der Waals surface area contributed by atoms with Gasteiger partial charge in [-0.05, 0) is 74.6 Å². The molecule has 0 aromatic heterocycles. The summed E-state index contributed by atoms with van der Waals surface area (Å²) in [6.07, 6.45) is 5.84. The highest BCUT2D eigenvalue weighted by Gasteiger charge is 2.52. The van der Waals surface area contributed by atoms with Gasteiger partial charge in [0, 0.05) is 19.3 Å². The second kappa shape index (κ2) is 10.6. The maximum absolute atomic E-state index is 10.9. The predicted octanol–water partition coefficient (Wildman–Crippen LogP) is 0.222. The zero-order valence-corrected chi connectivity index (χ0v) is 23.9. The van der Waals surface area contributed by atoms with Gasteiger partial charge < -0.3 is 36.2 Å². The highest BCUT2D eigenvalue weighted by atomic mass is 16.6. The van der Waals surface area contributed by atoms with Crippen molar-refractivity contribution in [2.24, 2.45) is 11.7 Å². The average Bonchev–Trinajstić information content (AvgIpc) is 3.58. The van der Waals surface area contributed by atoms with Crippen LogP contribution in [0.3, 0.4) is 0 Å². The molecule has 2 saturated carbocycles. The van der Waals surface area contributed by atoms with Crippen LogP contribution < -0.4 is 32.3 Å². The fourth-order valence-corrected chi connectivity index (χ4v) is 7.85. The predicted molar refractivity (Wildman–Crippen MR) is 154 cm³/mol. The molecule has 1 aromatic carbocycles. The molecule has 8 atom stereocenters. The van der Waals surface area contributed by atoms with E-state index in [-0.39, 0.29) is 18.4 Å². The number of fused-ring (bicyclic) bond motifs is 2. The summed E-state index contributed by atoms with van der Waals surface area (Å²) in [4.78, 5) is 4.37. The first kappa shape index (κ1) is 27.3. The fourth-order valence-electron chi connectivity index (χ4n) is 7.85. The number of nitrogens with zero attached hydrogens (tertiary/aromatic N) is 2. The molecule has 11 nitrogen and oxygen atoms in total. The van der Waals surface area contributed by atoms with Crippen LogP contribution in [-0.4, -0.2) is 102 Å². The first-order valence-corrected chi connectivity index (χ1v) is 15.4. The standard InChI is InChI=1S/C29H48N8O3/c1-29(8-3-9-29)17-5-6-19-20(12-17)35-22(34-19)7-4-16-10-18(11-16)36(2)13-21-24(38)25(39)28(40-21)37-15-33-23-26(30)31-14-32-27(23)37/h5-6,12,16,18,21-28,31-35,38-39H,3-4,7-11,13-15,30H2,1-2H3/t16-,18-,21-,22?,23?,24-,25-,26?,27?,28-/m1/s1. The molecule has 7 rings (SSSR count). The van der Waals surface area contributed by atoms with Crippen LogP contribution in [0, 0.1) is 5.92 Å². The molecule has 2 aliphatic carbocycles. The summed E-state index contributed by atoms with van der Waals surface area (Å²) in [7, 11) is 2.12. The van der Waals surface area contributed by atoms with E-state index in [1.54, 1.807) is 0 Å². The van der Waals surface area contributed by atoms with Crippen LogP contribution in [0.5, 0.6) is 0 Å². The van der Waals surface area contributed by atoms with Gasteiger partial charge in [0.1, 0.15) is 24.5 Å². The molecule has 0 amide bonds. The summed E-state index contributed by atoms with van der Waals surface area (Å²) in [5.41, 5.74) is 10.5. The quantitative estimate of drug-likeness (QED) is 0.223. The Bertz CT molecular complexity index is 1070. The molecule has 0 radical (unpaired) electrons. The van der Waals surface area contributed by atoms with Crippen LogP contribution in [0.15, 0.2) is 18.2 Å². The van der Waals surface area contributed by atoms with Gasteiger partial charge in [0.2, 0.25) is 0 Å². The van der Waals surface area contributed by atoms with Crippen molar-refractivity contribution in [2.75, 3.05) is 37.6 Å². The molecule has 0 spiro atoms. The molecule has 222 valence electrons. The number of likely N-dealkylation sites (N-methyl/N-ethyl adjacent to an activating group) is 1. The molecular formula is C29H48N8O3. The van der Waals surface area contributed by atoms with E-state index in [9.17, 15) is 10.2 Å². The van der Waals surface area contributed by atoms with Crippen LogP contribution in [0.4, 0.5) is 11.4 Å². The van der Waals surface area contributed by atoms with Gasteiger partial charge in [0.15, 0.2) is 0 Å². The SMILES string of the molecule is CN(C[C@H]1O[C@@H](N2CNC3C(N)NCNC32)[C@H](O)[C@@H]1O)[C@H]1C[C@H](CCC2Nc3ccc(C4(C)CCC4)cc3N2)C1. The van der Waals surface area contributed by atoms with Crippen LogP contribution in [0.2, 0.25) is 0 Å². The molecule has 4 heterocycles. The van der Waals surface area contributed by atoms with Gasteiger partial charge in [0.25, 0.3) is 0 Å². The molecule has 1 aromatic rings. The lowest BCUT2D eigenvalue weighted by Crippen LogP contribution is -2.68. The normalized spacial score (nSPS) is 42.0. The highest BCUT2D eigenvalue weighted by Crippen LogP contribution is 2.46. The summed E-state index contributed by atoms with van der Waals surface area (Å²) in [5.74, 6) is 0.722. The van der Waals surface area contributed by atoms with E-state index in [0.29, 0.717) is 37.5 Å². The maximum Gasteiger partial charge on any atom is 0.142 e. The third-order valence-corrected chi connectivity index (χ3v) is 10.9. The van der Waals surface area contributed by atoms with Crippen molar-refractivity contribution < 1.29 is 14.9 Å². The number of rotatable bonds is 8. The van der Waals surface area contributed by atoms with Crippen molar-refractivity contribution in [3.05, 3.63) is 23.8 Å². The Morgan fingerprint density at radius 1 is 1.07 bits per heavy atom. The number of aliphatic hydroxyl groups excluding tert-OH is 2. The number of anilines is 2. The lowest BCUT2D eigenvalue weighted by atomic mass is 9.66. The fraction of sp³-hybridized carbons (Fsp3) is 0.793. The van der Waals surface area contributed by atoms with Crippen LogP contribution in [0.1, 0.15) is 57.4 Å². The van der Waals surface area contributed by atoms with E-state index < -0.39 is 24.5 Å². The summed E-state index contributed by atoms with van der Waals surface area (Å²) in [6.45, 7) is 4.15. The van der Waals surface area contributed by atoms with Gasteiger partial charge in [-0.1, -0.05) is 19.4 Å². The van der Waals surface area contributed by atoms with Crippen LogP contribution in [-0.2, 0) is 10.2 Å². The zero-order chi connectivity index (χ0) is 27.6. The third kappa shape index (κ3) is 4.83. The minimum atomic E-state index is -0.954. The Kier molecular flexibility index (Phi) is 7.25. The molecule has 11 heteroatoms. The number of benzene rings is 1.